The molecule has 0 fully saturated rings. The van der Waals surface area contributed by atoms with Crippen LogP contribution < -0.4 is 4.74 Å². The molecule has 1 atom stereocenters. The molecule has 15 heavy (non-hydrogen) atoms. The van der Waals surface area contributed by atoms with Crippen molar-refractivity contribution in [3.05, 3.63) is 30.3 Å². The van der Waals surface area contributed by atoms with Crippen LogP contribution in [-0.2, 0) is 4.79 Å². The summed E-state index contributed by atoms with van der Waals surface area (Å²) in [5.74, 6) is -0.636. The van der Waals surface area contributed by atoms with Gasteiger partial charge in [0.1, 0.15) is 12.4 Å². The van der Waals surface area contributed by atoms with E-state index in [1.165, 1.54) is 6.92 Å². The third-order valence-electron chi connectivity index (χ3n) is 1.80. The topological polar surface area (TPSA) is 46.5 Å². The molecule has 1 N–H and O–H groups in total. The Morgan fingerprint density at radius 2 is 2.07 bits per heavy atom. The first-order valence-corrected chi connectivity index (χ1v) is 4.58. The highest BCUT2D eigenvalue weighted by Crippen LogP contribution is 2.18. The van der Waals surface area contributed by atoms with Gasteiger partial charge in [-0.05, 0) is 19.1 Å². The Kier molecular flexibility index (Phi) is 3.66. The third-order valence-corrected chi connectivity index (χ3v) is 1.80. The first kappa shape index (κ1) is 11.5. The number of rotatable bonds is 5. The summed E-state index contributed by atoms with van der Waals surface area (Å²) in [5.41, 5.74) is -1.85. The average Bonchev–Trinajstić information content (AvgIpc) is 2.15. The molecule has 82 valence electrons. The molecule has 0 saturated heterocycles. The van der Waals surface area contributed by atoms with Gasteiger partial charge in [0.15, 0.2) is 5.67 Å². The average molecular weight is 212 g/mol. The summed E-state index contributed by atoms with van der Waals surface area (Å²) in [4.78, 5) is 10.3. The highest BCUT2D eigenvalue weighted by atomic mass is 19.1. The van der Waals surface area contributed by atoms with Gasteiger partial charge >= 0.3 is 5.97 Å². The maximum absolute atomic E-state index is 13.5. The van der Waals surface area contributed by atoms with E-state index in [9.17, 15) is 9.18 Å². The highest BCUT2D eigenvalue weighted by Gasteiger charge is 2.27. The van der Waals surface area contributed by atoms with Crippen molar-refractivity contribution in [3.63, 3.8) is 0 Å². The van der Waals surface area contributed by atoms with Crippen molar-refractivity contribution in [1.29, 1.82) is 0 Å². The summed E-state index contributed by atoms with van der Waals surface area (Å²) in [6.45, 7) is 0.952. The van der Waals surface area contributed by atoms with Crippen LogP contribution in [0, 0.1) is 0 Å². The van der Waals surface area contributed by atoms with Gasteiger partial charge in [0, 0.05) is 0 Å². The monoisotopic (exact) mass is 212 g/mol. The Labute approximate surface area is 87.5 Å². The summed E-state index contributed by atoms with van der Waals surface area (Å²) in [7, 11) is 0. The molecular weight excluding hydrogens is 199 g/mol. The Morgan fingerprint density at radius 3 is 2.60 bits per heavy atom. The minimum Gasteiger partial charge on any atom is -0.490 e. The van der Waals surface area contributed by atoms with E-state index < -0.39 is 18.1 Å². The lowest BCUT2D eigenvalue weighted by Gasteiger charge is -2.18. The normalized spacial score (nSPS) is 14.3. The number of benzene rings is 1. The highest BCUT2D eigenvalue weighted by molar-refractivity contribution is 5.68. The van der Waals surface area contributed by atoms with E-state index >= 15 is 0 Å². The smallest absolute Gasteiger partial charge is 0.306 e. The van der Waals surface area contributed by atoms with Gasteiger partial charge in [-0.1, -0.05) is 18.2 Å². The first-order chi connectivity index (χ1) is 6.99. The van der Waals surface area contributed by atoms with Gasteiger partial charge < -0.3 is 9.84 Å². The Morgan fingerprint density at radius 1 is 1.47 bits per heavy atom. The van der Waals surface area contributed by atoms with Crippen molar-refractivity contribution in [2.75, 3.05) is 6.61 Å². The van der Waals surface area contributed by atoms with E-state index in [4.69, 9.17) is 9.84 Å². The fraction of sp³-hybridized carbons (Fsp3) is 0.364. The number of aliphatic carboxylic acids is 1. The van der Waals surface area contributed by atoms with Gasteiger partial charge in [-0.2, -0.15) is 0 Å². The Balaban J connectivity index is 2.46. The maximum atomic E-state index is 13.5. The second-order valence-corrected chi connectivity index (χ2v) is 3.59. The minimum atomic E-state index is -1.85. The molecular formula is C11H13FO3. The lowest BCUT2D eigenvalue weighted by Crippen LogP contribution is -2.30. The largest absolute Gasteiger partial charge is 0.490 e. The van der Waals surface area contributed by atoms with Gasteiger partial charge in [0.2, 0.25) is 0 Å². The summed E-state index contributed by atoms with van der Waals surface area (Å²) in [6.07, 6.45) is -0.556. The van der Waals surface area contributed by atoms with Crippen molar-refractivity contribution in [3.8, 4) is 5.75 Å². The minimum absolute atomic E-state index is 0.261. The van der Waals surface area contributed by atoms with Crippen molar-refractivity contribution in [2.24, 2.45) is 0 Å². The molecule has 0 aliphatic rings. The zero-order valence-corrected chi connectivity index (χ0v) is 8.44. The summed E-state index contributed by atoms with van der Waals surface area (Å²) < 4.78 is 18.7. The van der Waals surface area contributed by atoms with Crippen LogP contribution in [0.1, 0.15) is 13.3 Å². The molecule has 1 rings (SSSR count). The summed E-state index contributed by atoms with van der Waals surface area (Å²) >= 11 is 0. The number of alkyl halides is 1. The number of halogens is 1. The molecule has 0 bridgehead atoms. The van der Waals surface area contributed by atoms with E-state index in [1.54, 1.807) is 24.3 Å². The van der Waals surface area contributed by atoms with Crippen LogP contribution in [0.15, 0.2) is 30.3 Å². The molecule has 1 unspecified atom stereocenters. The SMILES string of the molecule is CC(F)(COc1ccccc1)CC(=O)O. The fourth-order valence-electron chi connectivity index (χ4n) is 1.12. The van der Waals surface area contributed by atoms with Crippen LogP contribution in [-0.4, -0.2) is 23.4 Å². The van der Waals surface area contributed by atoms with Crippen LogP contribution in [0.5, 0.6) is 5.75 Å². The van der Waals surface area contributed by atoms with Gasteiger partial charge in [0.05, 0.1) is 6.42 Å². The maximum Gasteiger partial charge on any atom is 0.306 e. The Bertz CT molecular complexity index is 322. The Hall–Kier alpha value is -1.58. The second-order valence-electron chi connectivity index (χ2n) is 3.59. The number of carbonyl (C=O) groups is 1. The standard InChI is InChI=1S/C11H13FO3/c1-11(12,7-10(13)14)8-15-9-5-3-2-4-6-9/h2-6H,7-8H2,1H3,(H,13,14). The molecule has 4 heteroatoms. The van der Waals surface area contributed by atoms with Gasteiger partial charge in [-0.25, -0.2) is 4.39 Å². The van der Waals surface area contributed by atoms with Crippen LogP contribution in [0.3, 0.4) is 0 Å². The molecule has 0 amide bonds. The third kappa shape index (κ3) is 4.44. The van der Waals surface area contributed by atoms with Crippen LogP contribution in [0.25, 0.3) is 0 Å². The summed E-state index contributed by atoms with van der Waals surface area (Å²) in [5, 5.41) is 8.45. The molecule has 1 aromatic rings. The number of ether oxygens (including phenoxy) is 1. The molecule has 0 aromatic heterocycles. The lowest BCUT2D eigenvalue weighted by molar-refractivity contribution is -0.140. The molecule has 0 aliphatic heterocycles. The molecule has 0 spiro atoms. The van der Waals surface area contributed by atoms with E-state index in [-0.39, 0.29) is 6.61 Å². The van der Waals surface area contributed by atoms with Crippen molar-refractivity contribution < 1.29 is 19.0 Å². The second kappa shape index (κ2) is 4.77. The zero-order chi connectivity index (χ0) is 11.3. The van der Waals surface area contributed by atoms with Crippen LogP contribution in [0.4, 0.5) is 4.39 Å². The van der Waals surface area contributed by atoms with Crippen LogP contribution >= 0.6 is 0 Å². The molecule has 3 nitrogen and oxygen atoms in total. The lowest BCUT2D eigenvalue weighted by atomic mass is 10.1. The number of para-hydroxylation sites is 1. The molecule has 1 aromatic carbocycles. The number of hydrogen-bond acceptors (Lipinski definition) is 2. The quantitative estimate of drug-likeness (QED) is 0.814. The van der Waals surface area contributed by atoms with E-state index in [0.717, 1.165) is 0 Å². The molecule has 0 aliphatic carbocycles. The van der Waals surface area contributed by atoms with Gasteiger partial charge in [0.25, 0.3) is 0 Å². The fourth-order valence-corrected chi connectivity index (χ4v) is 1.12. The van der Waals surface area contributed by atoms with Gasteiger partial charge in [-0.3, -0.25) is 4.79 Å². The van der Waals surface area contributed by atoms with E-state index in [0.29, 0.717) is 5.75 Å². The zero-order valence-electron chi connectivity index (χ0n) is 8.44. The predicted octanol–water partition coefficient (Wildman–Crippen LogP) is 2.27. The van der Waals surface area contributed by atoms with E-state index in [1.807, 2.05) is 6.07 Å². The number of carboxylic acids is 1. The van der Waals surface area contributed by atoms with Crippen molar-refractivity contribution >= 4 is 5.97 Å². The molecule has 0 heterocycles. The predicted molar refractivity (Wildman–Crippen MR) is 53.7 cm³/mol. The number of carboxylic acid groups (broad SMARTS) is 1. The van der Waals surface area contributed by atoms with Crippen LogP contribution in [0.2, 0.25) is 0 Å². The number of hydrogen-bond donors (Lipinski definition) is 1. The molecule has 0 saturated carbocycles. The summed E-state index contributed by atoms with van der Waals surface area (Å²) in [6, 6.07) is 8.73. The van der Waals surface area contributed by atoms with E-state index in [2.05, 4.69) is 0 Å². The van der Waals surface area contributed by atoms with Crippen molar-refractivity contribution in [2.45, 2.75) is 19.0 Å². The van der Waals surface area contributed by atoms with Crippen molar-refractivity contribution in [1.82, 2.24) is 0 Å². The molecule has 0 radical (unpaired) electrons. The first-order valence-electron chi connectivity index (χ1n) is 4.58. The van der Waals surface area contributed by atoms with Gasteiger partial charge in [-0.15, -0.1) is 0 Å².